The van der Waals surface area contributed by atoms with Gasteiger partial charge in [-0.1, -0.05) is 11.3 Å². The van der Waals surface area contributed by atoms with Gasteiger partial charge in [-0.25, -0.2) is 9.78 Å². The lowest BCUT2D eigenvalue weighted by molar-refractivity contribution is -0.132. The van der Waals surface area contributed by atoms with Crippen molar-refractivity contribution in [3.05, 3.63) is 48.0 Å². The molecular weight excluding hydrogens is 368 g/mol. The Hall–Kier alpha value is -3.39. The van der Waals surface area contributed by atoms with Crippen molar-refractivity contribution in [2.45, 2.75) is 6.92 Å². The van der Waals surface area contributed by atoms with Gasteiger partial charge in [0.2, 0.25) is 5.88 Å². The number of rotatable bonds is 4. The molecule has 0 spiro atoms. The van der Waals surface area contributed by atoms with E-state index in [-0.39, 0.29) is 5.56 Å². The summed E-state index contributed by atoms with van der Waals surface area (Å²) in [6, 6.07) is 12.1. The van der Waals surface area contributed by atoms with Crippen LogP contribution in [-0.4, -0.2) is 33.5 Å². The smallest absolute Gasteiger partial charge is 0.335 e. The molecular formula is C19H14N2O5S. The lowest BCUT2D eigenvalue weighted by atomic mass is 10.1. The number of fused-ring (bicyclic) bond motifs is 3. The van der Waals surface area contributed by atoms with Crippen molar-refractivity contribution in [2.75, 3.05) is 7.11 Å². The lowest BCUT2D eigenvalue weighted by Crippen LogP contribution is -2.04. The summed E-state index contributed by atoms with van der Waals surface area (Å²) in [7, 11) is 1.59. The number of methoxy groups -OCH3 is 1. The molecule has 0 fully saturated rings. The summed E-state index contributed by atoms with van der Waals surface area (Å²) in [5.74, 6) is -0.451. The van der Waals surface area contributed by atoms with Gasteiger partial charge in [0.05, 0.1) is 22.9 Å². The van der Waals surface area contributed by atoms with Gasteiger partial charge in [0.25, 0.3) is 0 Å². The van der Waals surface area contributed by atoms with Crippen LogP contribution in [0.3, 0.4) is 0 Å². The van der Waals surface area contributed by atoms with Crippen LogP contribution in [0.1, 0.15) is 17.3 Å². The van der Waals surface area contributed by atoms with Crippen LogP contribution in [0.25, 0.3) is 26.4 Å². The van der Waals surface area contributed by atoms with E-state index >= 15 is 0 Å². The van der Waals surface area contributed by atoms with E-state index in [1.54, 1.807) is 35.8 Å². The number of esters is 1. The topological polar surface area (TPSA) is 90.1 Å². The van der Waals surface area contributed by atoms with E-state index in [0.717, 1.165) is 15.8 Å². The Bertz CT molecular complexity index is 1190. The van der Waals surface area contributed by atoms with Gasteiger partial charge in [0, 0.05) is 12.5 Å². The van der Waals surface area contributed by atoms with Crippen LogP contribution in [0.2, 0.25) is 0 Å². The number of carbonyl (C=O) groups is 2. The van der Waals surface area contributed by atoms with Crippen LogP contribution in [0.15, 0.2) is 42.5 Å². The molecule has 0 saturated heterocycles. The van der Waals surface area contributed by atoms with E-state index in [1.165, 1.54) is 24.3 Å². The highest BCUT2D eigenvalue weighted by atomic mass is 32.1. The molecule has 0 atom stereocenters. The summed E-state index contributed by atoms with van der Waals surface area (Å²) < 4.78 is 13.1. The van der Waals surface area contributed by atoms with Crippen LogP contribution in [0, 0.1) is 0 Å². The van der Waals surface area contributed by atoms with Crippen molar-refractivity contribution in [1.82, 2.24) is 9.38 Å². The number of ether oxygens (including phenoxy) is 2. The fraction of sp³-hybridized carbons (Fsp3) is 0.105. The van der Waals surface area contributed by atoms with Crippen LogP contribution in [-0.2, 0) is 4.79 Å². The Morgan fingerprint density at radius 3 is 2.52 bits per heavy atom. The third-order valence-electron chi connectivity index (χ3n) is 4.06. The number of aromatic nitrogens is 2. The number of hydrogen-bond acceptors (Lipinski definition) is 6. The fourth-order valence-electron chi connectivity index (χ4n) is 2.85. The number of carboxylic acid groups (broad SMARTS) is 1. The average Bonchev–Trinajstić information content (AvgIpc) is 3.17. The summed E-state index contributed by atoms with van der Waals surface area (Å²) in [5, 5.41) is 9.18. The summed E-state index contributed by atoms with van der Waals surface area (Å²) in [5.41, 5.74) is 2.22. The van der Waals surface area contributed by atoms with Crippen LogP contribution in [0.5, 0.6) is 11.6 Å². The molecule has 0 bridgehead atoms. The maximum Gasteiger partial charge on any atom is 0.335 e. The summed E-state index contributed by atoms with van der Waals surface area (Å²) in [6.45, 7) is 1.33. The van der Waals surface area contributed by atoms with Crippen molar-refractivity contribution < 1.29 is 24.2 Å². The van der Waals surface area contributed by atoms with Crippen LogP contribution < -0.4 is 9.47 Å². The number of thiazole rings is 1. The first-order valence-electron chi connectivity index (χ1n) is 7.99. The molecule has 136 valence electrons. The highest BCUT2D eigenvalue weighted by Gasteiger charge is 2.21. The van der Waals surface area contributed by atoms with Gasteiger partial charge in [0.15, 0.2) is 4.96 Å². The molecule has 2 aromatic carbocycles. The molecule has 2 heterocycles. The van der Waals surface area contributed by atoms with Crippen LogP contribution >= 0.6 is 11.3 Å². The fourth-order valence-corrected chi connectivity index (χ4v) is 3.90. The van der Waals surface area contributed by atoms with E-state index in [0.29, 0.717) is 22.3 Å². The standard InChI is InChI=1S/C19H14N2O5S/c1-10(22)26-17-16(11-3-6-13(25-2)7-4-11)20-19-21(17)14-8-5-12(18(23)24)9-15(14)27-19/h3-9H,1-2H3,(H,23,24). The number of imidazole rings is 1. The van der Waals surface area contributed by atoms with Crippen molar-refractivity contribution in [3.63, 3.8) is 0 Å². The minimum Gasteiger partial charge on any atom is -0.497 e. The maximum absolute atomic E-state index is 11.7. The molecule has 27 heavy (non-hydrogen) atoms. The van der Waals surface area contributed by atoms with E-state index in [4.69, 9.17) is 9.47 Å². The van der Waals surface area contributed by atoms with Gasteiger partial charge in [-0.3, -0.25) is 9.20 Å². The third-order valence-corrected chi connectivity index (χ3v) is 5.06. The summed E-state index contributed by atoms with van der Waals surface area (Å²) >= 11 is 1.33. The number of hydrogen-bond donors (Lipinski definition) is 1. The van der Waals surface area contributed by atoms with Gasteiger partial charge < -0.3 is 14.6 Å². The quantitative estimate of drug-likeness (QED) is 0.539. The second-order valence-electron chi connectivity index (χ2n) is 5.80. The number of carboxylic acids is 1. The first kappa shape index (κ1) is 17.0. The predicted molar refractivity (Wildman–Crippen MR) is 101 cm³/mol. The number of aromatic carboxylic acids is 1. The normalized spacial score (nSPS) is 11.0. The van der Waals surface area contributed by atoms with E-state index in [1.807, 2.05) is 12.1 Å². The summed E-state index contributed by atoms with van der Waals surface area (Å²) in [4.78, 5) is 28.1. The highest BCUT2D eigenvalue weighted by Crippen LogP contribution is 2.38. The number of carbonyl (C=O) groups excluding carboxylic acids is 1. The Morgan fingerprint density at radius 1 is 1.15 bits per heavy atom. The van der Waals surface area contributed by atoms with Crippen molar-refractivity contribution >= 4 is 38.5 Å². The molecule has 0 unspecified atom stereocenters. The molecule has 0 aliphatic heterocycles. The molecule has 4 aromatic rings. The van der Waals surface area contributed by atoms with Gasteiger partial charge in [0.1, 0.15) is 11.4 Å². The largest absolute Gasteiger partial charge is 0.497 e. The molecule has 0 aliphatic carbocycles. The average molecular weight is 382 g/mol. The predicted octanol–water partition coefficient (Wildman–Crippen LogP) is 3.85. The second kappa shape index (κ2) is 6.40. The van der Waals surface area contributed by atoms with Crippen molar-refractivity contribution in [1.29, 1.82) is 0 Å². The monoisotopic (exact) mass is 382 g/mol. The number of benzene rings is 2. The Labute approximate surface area is 157 Å². The molecule has 4 rings (SSSR count). The zero-order valence-corrected chi connectivity index (χ0v) is 15.2. The molecule has 7 nitrogen and oxygen atoms in total. The molecule has 1 N–H and O–H groups in total. The Morgan fingerprint density at radius 2 is 1.89 bits per heavy atom. The SMILES string of the molecule is COc1ccc(-c2nc3sc4cc(C(=O)O)ccc4n3c2OC(C)=O)cc1. The third kappa shape index (κ3) is 2.89. The van der Waals surface area contributed by atoms with Crippen molar-refractivity contribution in [2.24, 2.45) is 0 Å². The van der Waals surface area contributed by atoms with Gasteiger partial charge in [-0.05, 0) is 42.5 Å². The molecule has 0 amide bonds. The number of nitrogens with zero attached hydrogens (tertiary/aromatic N) is 2. The zero-order chi connectivity index (χ0) is 19.1. The second-order valence-corrected chi connectivity index (χ2v) is 6.80. The van der Waals surface area contributed by atoms with Gasteiger partial charge in [-0.2, -0.15) is 0 Å². The maximum atomic E-state index is 11.7. The van der Waals surface area contributed by atoms with Crippen LogP contribution in [0.4, 0.5) is 0 Å². The Balaban J connectivity index is 1.96. The minimum atomic E-state index is -0.998. The molecule has 8 heteroatoms. The first-order chi connectivity index (χ1) is 13.0. The van der Waals surface area contributed by atoms with Gasteiger partial charge >= 0.3 is 11.9 Å². The van der Waals surface area contributed by atoms with E-state index in [9.17, 15) is 14.7 Å². The molecule has 2 aromatic heterocycles. The van der Waals surface area contributed by atoms with Gasteiger partial charge in [-0.15, -0.1) is 0 Å². The highest BCUT2D eigenvalue weighted by molar-refractivity contribution is 7.23. The molecule has 0 saturated carbocycles. The first-order valence-corrected chi connectivity index (χ1v) is 8.80. The van der Waals surface area contributed by atoms with E-state index < -0.39 is 11.9 Å². The molecule has 0 aliphatic rings. The van der Waals surface area contributed by atoms with Crippen molar-refractivity contribution in [3.8, 4) is 22.9 Å². The van der Waals surface area contributed by atoms with E-state index in [2.05, 4.69) is 4.98 Å². The Kier molecular flexibility index (Phi) is 4.04. The minimum absolute atomic E-state index is 0.191. The lowest BCUT2D eigenvalue weighted by Gasteiger charge is -2.06. The molecule has 0 radical (unpaired) electrons. The zero-order valence-electron chi connectivity index (χ0n) is 14.4. The summed E-state index contributed by atoms with van der Waals surface area (Å²) in [6.07, 6.45) is 0.